The molecule has 0 bridgehead atoms. The summed E-state index contributed by atoms with van der Waals surface area (Å²) >= 11 is 0. The second kappa shape index (κ2) is 6.20. The van der Waals surface area contributed by atoms with E-state index in [0.29, 0.717) is 18.9 Å². The standard InChI is InChI=1S/C16H20N6O/c1-10-7-12-8-19-16(21-14(12)9-22(10)15(17)23)20-11(2)13-5-3-4-6-18-13/h3-6,8,10-11H,7,9H2,1-2H3,(H2,17,23)(H,19,20,21)/t10?,11-/m0/s1. The molecule has 120 valence electrons. The first-order valence-electron chi connectivity index (χ1n) is 7.63. The van der Waals surface area contributed by atoms with Crippen molar-refractivity contribution in [2.24, 2.45) is 5.73 Å². The van der Waals surface area contributed by atoms with Crippen molar-refractivity contribution >= 4 is 12.0 Å². The zero-order chi connectivity index (χ0) is 16.4. The highest BCUT2D eigenvalue weighted by molar-refractivity contribution is 5.72. The number of urea groups is 1. The van der Waals surface area contributed by atoms with Gasteiger partial charge in [-0.3, -0.25) is 4.98 Å². The molecular weight excluding hydrogens is 292 g/mol. The van der Waals surface area contributed by atoms with Crippen LogP contribution in [0.3, 0.4) is 0 Å². The van der Waals surface area contributed by atoms with E-state index in [1.54, 1.807) is 11.1 Å². The molecule has 1 unspecified atom stereocenters. The quantitative estimate of drug-likeness (QED) is 0.901. The minimum atomic E-state index is -0.418. The number of anilines is 1. The molecule has 1 aliphatic rings. The van der Waals surface area contributed by atoms with Crippen molar-refractivity contribution in [2.45, 2.75) is 38.9 Å². The molecule has 2 atom stereocenters. The third-order valence-corrected chi connectivity index (χ3v) is 4.08. The summed E-state index contributed by atoms with van der Waals surface area (Å²) in [6, 6.07) is 5.41. The summed E-state index contributed by atoms with van der Waals surface area (Å²) in [5.41, 5.74) is 8.25. The SMILES string of the molecule is CC1Cc2cnc(N[C@@H](C)c3ccccn3)nc2CN1C(N)=O. The van der Waals surface area contributed by atoms with Gasteiger partial charge in [0.25, 0.3) is 0 Å². The number of nitrogens with zero attached hydrogens (tertiary/aromatic N) is 4. The second-order valence-electron chi connectivity index (χ2n) is 5.81. The fraction of sp³-hybridized carbons (Fsp3) is 0.375. The third kappa shape index (κ3) is 3.23. The molecule has 0 aliphatic carbocycles. The Labute approximate surface area is 135 Å². The molecule has 3 N–H and O–H groups in total. The predicted octanol–water partition coefficient (Wildman–Crippen LogP) is 1.87. The first-order chi connectivity index (χ1) is 11.0. The number of carbonyl (C=O) groups excluding carboxylic acids is 1. The van der Waals surface area contributed by atoms with Crippen LogP contribution in [0.25, 0.3) is 0 Å². The fourth-order valence-corrected chi connectivity index (χ4v) is 2.76. The maximum absolute atomic E-state index is 11.5. The Morgan fingerprint density at radius 2 is 2.26 bits per heavy atom. The number of primary amides is 1. The average Bonchev–Trinajstić information content (AvgIpc) is 2.55. The molecule has 2 amide bonds. The van der Waals surface area contributed by atoms with Crippen molar-refractivity contribution in [3.63, 3.8) is 0 Å². The van der Waals surface area contributed by atoms with E-state index in [1.165, 1.54) is 0 Å². The highest BCUT2D eigenvalue weighted by atomic mass is 16.2. The Bertz CT molecular complexity index is 705. The van der Waals surface area contributed by atoms with Crippen LogP contribution < -0.4 is 11.1 Å². The molecule has 0 fully saturated rings. The van der Waals surface area contributed by atoms with Gasteiger partial charge in [0.2, 0.25) is 5.95 Å². The molecule has 2 aromatic heterocycles. The van der Waals surface area contributed by atoms with Gasteiger partial charge in [0.15, 0.2) is 0 Å². The molecular formula is C16H20N6O. The van der Waals surface area contributed by atoms with Crippen LogP contribution in [0.2, 0.25) is 0 Å². The second-order valence-corrected chi connectivity index (χ2v) is 5.81. The van der Waals surface area contributed by atoms with Crippen molar-refractivity contribution in [1.29, 1.82) is 0 Å². The number of amides is 2. The van der Waals surface area contributed by atoms with Gasteiger partial charge in [0, 0.05) is 18.4 Å². The molecule has 0 spiro atoms. The minimum absolute atomic E-state index is 0.0102. The van der Waals surface area contributed by atoms with Crippen molar-refractivity contribution < 1.29 is 4.79 Å². The van der Waals surface area contributed by atoms with Gasteiger partial charge >= 0.3 is 6.03 Å². The van der Waals surface area contributed by atoms with Gasteiger partial charge < -0.3 is 16.0 Å². The zero-order valence-electron chi connectivity index (χ0n) is 13.2. The largest absolute Gasteiger partial charge is 0.351 e. The van der Waals surface area contributed by atoms with Gasteiger partial charge in [0.05, 0.1) is 24.0 Å². The molecule has 0 saturated carbocycles. The van der Waals surface area contributed by atoms with Crippen LogP contribution in [-0.2, 0) is 13.0 Å². The van der Waals surface area contributed by atoms with Crippen LogP contribution in [0.4, 0.5) is 10.7 Å². The van der Waals surface area contributed by atoms with Crippen molar-refractivity contribution in [3.8, 4) is 0 Å². The number of hydrogen-bond donors (Lipinski definition) is 2. The summed E-state index contributed by atoms with van der Waals surface area (Å²) < 4.78 is 0. The van der Waals surface area contributed by atoms with Crippen molar-refractivity contribution in [3.05, 3.63) is 47.5 Å². The number of aromatic nitrogens is 3. The molecule has 7 nitrogen and oxygen atoms in total. The third-order valence-electron chi connectivity index (χ3n) is 4.08. The lowest BCUT2D eigenvalue weighted by Gasteiger charge is -2.32. The van der Waals surface area contributed by atoms with E-state index < -0.39 is 6.03 Å². The Morgan fingerprint density at radius 1 is 1.43 bits per heavy atom. The Balaban J connectivity index is 1.79. The Hall–Kier alpha value is -2.70. The summed E-state index contributed by atoms with van der Waals surface area (Å²) in [6.45, 7) is 4.40. The molecule has 3 heterocycles. The summed E-state index contributed by atoms with van der Waals surface area (Å²) in [4.78, 5) is 26.4. The highest BCUT2D eigenvalue weighted by Crippen LogP contribution is 2.23. The van der Waals surface area contributed by atoms with E-state index in [4.69, 9.17) is 5.73 Å². The molecule has 0 saturated heterocycles. The van der Waals surface area contributed by atoms with Crippen LogP contribution in [0, 0.1) is 0 Å². The van der Waals surface area contributed by atoms with E-state index in [-0.39, 0.29) is 12.1 Å². The number of carbonyl (C=O) groups is 1. The number of rotatable bonds is 3. The first kappa shape index (κ1) is 15.2. The van der Waals surface area contributed by atoms with Gasteiger partial charge in [-0.05, 0) is 38.0 Å². The van der Waals surface area contributed by atoms with Crippen LogP contribution in [-0.4, -0.2) is 31.9 Å². The number of nitrogens with one attached hydrogen (secondary N) is 1. The molecule has 23 heavy (non-hydrogen) atoms. The topological polar surface area (TPSA) is 97.0 Å². The first-order valence-corrected chi connectivity index (χ1v) is 7.63. The number of hydrogen-bond acceptors (Lipinski definition) is 5. The van der Waals surface area contributed by atoms with Crippen LogP contribution in [0.5, 0.6) is 0 Å². The van der Waals surface area contributed by atoms with E-state index >= 15 is 0 Å². The lowest BCUT2D eigenvalue weighted by atomic mass is 10.0. The minimum Gasteiger partial charge on any atom is -0.351 e. The van der Waals surface area contributed by atoms with E-state index in [9.17, 15) is 4.79 Å². The lowest BCUT2D eigenvalue weighted by Crippen LogP contribution is -2.45. The normalized spacial score (nSPS) is 18.2. The molecule has 0 aromatic carbocycles. The van der Waals surface area contributed by atoms with Crippen LogP contribution in [0.1, 0.15) is 36.8 Å². The van der Waals surface area contributed by atoms with Crippen molar-refractivity contribution in [1.82, 2.24) is 19.9 Å². The van der Waals surface area contributed by atoms with Crippen LogP contribution >= 0.6 is 0 Å². The summed E-state index contributed by atoms with van der Waals surface area (Å²) in [7, 11) is 0. The van der Waals surface area contributed by atoms with Gasteiger partial charge in [-0.2, -0.15) is 0 Å². The van der Waals surface area contributed by atoms with E-state index in [2.05, 4.69) is 20.3 Å². The van der Waals surface area contributed by atoms with Crippen molar-refractivity contribution in [2.75, 3.05) is 5.32 Å². The number of fused-ring (bicyclic) bond motifs is 1. The number of nitrogens with two attached hydrogens (primary N) is 1. The summed E-state index contributed by atoms with van der Waals surface area (Å²) in [6.07, 6.45) is 4.30. The molecule has 2 aromatic rings. The Morgan fingerprint density at radius 3 is 2.96 bits per heavy atom. The van der Waals surface area contributed by atoms with Gasteiger partial charge in [0.1, 0.15) is 0 Å². The highest BCUT2D eigenvalue weighted by Gasteiger charge is 2.26. The van der Waals surface area contributed by atoms with E-state index in [1.807, 2.05) is 38.2 Å². The lowest BCUT2D eigenvalue weighted by molar-refractivity contribution is 0.177. The average molecular weight is 312 g/mol. The number of pyridine rings is 1. The maximum atomic E-state index is 11.5. The monoisotopic (exact) mass is 312 g/mol. The molecule has 3 rings (SSSR count). The van der Waals surface area contributed by atoms with E-state index in [0.717, 1.165) is 17.0 Å². The Kier molecular flexibility index (Phi) is 4.10. The predicted molar refractivity (Wildman–Crippen MR) is 86.6 cm³/mol. The molecule has 0 radical (unpaired) electrons. The van der Waals surface area contributed by atoms with Gasteiger partial charge in [-0.25, -0.2) is 14.8 Å². The fourth-order valence-electron chi connectivity index (χ4n) is 2.76. The maximum Gasteiger partial charge on any atom is 0.315 e. The molecule has 7 heteroatoms. The van der Waals surface area contributed by atoms with Gasteiger partial charge in [-0.1, -0.05) is 6.07 Å². The van der Waals surface area contributed by atoms with Gasteiger partial charge in [-0.15, -0.1) is 0 Å². The summed E-state index contributed by atoms with van der Waals surface area (Å²) in [5.74, 6) is 0.529. The summed E-state index contributed by atoms with van der Waals surface area (Å²) in [5, 5.41) is 3.24. The zero-order valence-corrected chi connectivity index (χ0v) is 13.2. The van der Waals surface area contributed by atoms with Crippen LogP contribution in [0.15, 0.2) is 30.6 Å². The molecule has 1 aliphatic heterocycles. The smallest absolute Gasteiger partial charge is 0.315 e.